The van der Waals surface area contributed by atoms with E-state index in [0.29, 0.717) is 25.1 Å². The number of hydrogen-bond acceptors (Lipinski definition) is 7. The number of nitrogens with zero attached hydrogens (tertiary/aromatic N) is 4. The Morgan fingerprint density at radius 2 is 2.00 bits per heavy atom. The molecule has 1 fully saturated rings. The number of rotatable bonds is 11. The molecule has 4 rings (SSSR count). The smallest absolute Gasteiger partial charge is 0.308 e. The number of ether oxygens (including phenoxy) is 1. The van der Waals surface area contributed by atoms with E-state index in [0.717, 1.165) is 61.1 Å². The lowest BCUT2D eigenvalue weighted by Crippen LogP contribution is -2.44. The van der Waals surface area contributed by atoms with E-state index in [1.165, 1.54) is 0 Å². The van der Waals surface area contributed by atoms with Gasteiger partial charge < -0.3 is 19.8 Å². The molecule has 2 aromatic heterocycles. The number of hydrogen-bond donors (Lipinski definition) is 2. The molecule has 3 atom stereocenters. The SMILES string of the molecule is COc1ccc2nccc([C@@H](O)CC[C@@H]3CCN(CCCCc4ncccn4)C[C@@H]3C(=O)O)c2c1. The molecule has 2 N–H and O–H groups in total. The summed E-state index contributed by atoms with van der Waals surface area (Å²) >= 11 is 0. The van der Waals surface area contributed by atoms with Crippen LogP contribution in [0.15, 0.2) is 48.9 Å². The van der Waals surface area contributed by atoms with Crippen LogP contribution < -0.4 is 4.74 Å². The number of unbranched alkanes of at least 4 members (excludes halogenated alkanes) is 1. The lowest BCUT2D eigenvalue weighted by Gasteiger charge is -2.37. The highest BCUT2D eigenvalue weighted by molar-refractivity contribution is 5.83. The minimum absolute atomic E-state index is 0.0544. The summed E-state index contributed by atoms with van der Waals surface area (Å²) in [7, 11) is 1.61. The number of benzene rings is 1. The van der Waals surface area contributed by atoms with Gasteiger partial charge in [0.2, 0.25) is 0 Å². The van der Waals surface area contributed by atoms with Crippen LogP contribution in [0.5, 0.6) is 5.75 Å². The number of aryl methyl sites for hydroxylation is 1. The van der Waals surface area contributed by atoms with Crippen molar-refractivity contribution in [1.29, 1.82) is 0 Å². The van der Waals surface area contributed by atoms with Crippen LogP contribution in [0.2, 0.25) is 0 Å². The highest BCUT2D eigenvalue weighted by Gasteiger charge is 2.34. The van der Waals surface area contributed by atoms with Gasteiger partial charge in [0.05, 0.1) is 24.6 Å². The number of piperidine rings is 1. The Labute approximate surface area is 206 Å². The number of carboxylic acid groups (broad SMARTS) is 1. The number of aliphatic carboxylic acids is 1. The van der Waals surface area contributed by atoms with Gasteiger partial charge in [-0.1, -0.05) is 0 Å². The Morgan fingerprint density at radius 3 is 2.77 bits per heavy atom. The standard InChI is InChI=1S/C27H34N4O4/c1-35-20-7-8-24-22(17-20)21(10-14-28-24)25(32)9-6-19-11-16-31(18-23(19)27(33)34)15-3-2-5-26-29-12-4-13-30-26/h4,7-8,10,12-14,17,19,23,25,32H,2-3,5-6,9,11,15-16,18H2,1H3,(H,33,34)/t19-,23+,25+/m1/s1. The summed E-state index contributed by atoms with van der Waals surface area (Å²) in [6, 6.07) is 9.28. The van der Waals surface area contributed by atoms with Crippen molar-refractivity contribution >= 4 is 16.9 Å². The number of aromatic nitrogens is 3. The van der Waals surface area contributed by atoms with Crippen LogP contribution in [-0.2, 0) is 11.2 Å². The van der Waals surface area contributed by atoms with Crippen molar-refractivity contribution in [1.82, 2.24) is 19.9 Å². The molecular formula is C27H34N4O4. The van der Waals surface area contributed by atoms with Crippen LogP contribution in [0.4, 0.5) is 0 Å². The molecule has 35 heavy (non-hydrogen) atoms. The molecule has 3 aromatic rings. The average Bonchev–Trinajstić information content (AvgIpc) is 2.89. The van der Waals surface area contributed by atoms with Gasteiger partial charge >= 0.3 is 5.97 Å². The number of fused-ring (bicyclic) bond motifs is 1. The van der Waals surface area contributed by atoms with E-state index in [2.05, 4.69) is 19.9 Å². The summed E-state index contributed by atoms with van der Waals surface area (Å²) in [5.74, 6) is 0.467. The van der Waals surface area contributed by atoms with Crippen molar-refractivity contribution in [3.8, 4) is 5.75 Å². The summed E-state index contributed by atoms with van der Waals surface area (Å²) in [5.41, 5.74) is 1.61. The summed E-state index contributed by atoms with van der Waals surface area (Å²) in [4.78, 5) is 27.2. The molecule has 3 heterocycles. The zero-order valence-corrected chi connectivity index (χ0v) is 20.2. The van der Waals surface area contributed by atoms with Gasteiger partial charge in [0.25, 0.3) is 0 Å². The quantitative estimate of drug-likeness (QED) is 0.400. The number of carbonyl (C=O) groups is 1. The number of carboxylic acids is 1. The van der Waals surface area contributed by atoms with E-state index < -0.39 is 18.0 Å². The van der Waals surface area contributed by atoms with Gasteiger partial charge in [-0.25, -0.2) is 9.97 Å². The second-order valence-electron chi connectivity index (χ2n) is 9.29. The molecule has 186 valence electrons. The number of aliphatic hydroxyl groups is 1. The molecule has 1 aliphatic rings. The van der Waals surface area contributed by atoms with Gasteiger partial charge in [-0.3, -0.25) is 9.78 Å². The maximum atomic E-state index is 12.1. The van der Waals surface area contributed by atoms with Crippen molar-refractivity contribution in [2.75, 3.05) is 26.7 Å². The lowest BCUT2D eigenvalue weighted by atomic mass is 9.81. The molecule has 0 amide bonds. The molecule has 8 nitrogen and oxygen atoms in total. The Bertz CT molecular complexity index is 1110. The normalized spacial score (nSPS) is 19.5. The molecular weight excluding hydrogens is 444 g/mol. The summed E-state index contributed by atoms with van der Waals surface area (Å²) < 4.78 is 5.33. The van der Waals surface area contributed by atoms with Crippen LogP contribution >= 0.6 is 0 Å². The van der Waals surface area contributed by atoms with Crippen molar-refractivity contribution in [3.05, 3.63) is 60.3 Å². The van der Waals surface area contributed by atoms with E-state index in [4.69, 9.17) is 4.74 Å². The highest BCUT2D eigenvalue weighted by atomic mass is 16.5. The predicted molar refractivity (Wildman–Crippen MR) is 133 cm³/mol. The Morgan fingerprint density at radius 1 is 1.17 bits per heavy atom. The third-order valence-corrected chi connectivity index (χ3v) is 7.05. The number of methoxy groups -OCH3 is 1. The van der Waals surface area contributed by atoms with Crippen molar-refractivity contribution < 1.29 is 19.7 Å². The van der Waals surface area contributed by atoms with Crippen molar-refractivity contribution in [2.45, 2.75) is 44.6 Å². The predicted octanol–water partition coefficient (Wildman–Crippen LogP) is 3.89. The molecule has 0 unspecified atom stereocenters. The van der Waals surface area contributed by atoms with Crippen LogP contribution in [0.25, 0.3) is 10.9 Å². The number of likely N-dealkylation sites (tertiary alicyclic amines) is 1. The molecule has 0 radical (unpaired) electrons. The average molecular weight is 479 g/mol. The third-order valence-electron chi connectivity index (χ3n) is 7.05. The minimum atomic E-state index is -0.744. The summed E-state index contributed by atoms with van der Waals surface area (Å²) in [6.45, 7) is 2.34. The second kappa shape index (κ2) is 12.0. The van der Waals surface area contributed by atoms with E-state index in [1.807, 2.05) is 30.3 Å². The van der Waals surface area contributed by atoms with Crippen LogP contribution in [0.1, 0.15) is 49.6 Å². The van der Waals surface area contributed by atoms with Gasteiger partial charge in [-0.2, -0.15) is 0 Å². The highest BCUT2D eigenvalue weighted by Crippen LogP contribution is 2.33. The van der Waals surface area contributed by atoms with Crippen LogP contribution in [0.3, 0.4) is 0 Å². The molecule has 0 bridgehead atoms. The molecule has 1 saturated heterocycles. The topological polar surface area (TPSA) is 109 Å². The van der Waals surface area contributed by atoms with E-state index in [1.54, 1.807) is 25.7 Å². The fraction of sp³-hybridized carbons (Fsp3) is 0.481. The second-order valence-corrected chi connectivity index (χ2v) is 9.29. The number of pyridine rings is 1. The van der Waals surface area contributed by atoms with E-state index >= 15 is 0 Å². The lowest BCUT2D eigenvalue weighted by molar-refractivity contribution is -0.146. The van der Waals surface area contributed by atoms with Gasteiger partial charge in [0, 0.05) is 36.9 Å². The van der Waals surface area contributed by atoms with Crippen molar-refractivity contribution in [2.24, 2.45) is 11.8 Å². The molecule has 1 aromatic carbocycles. The molecule has 0 spiro atoms. The molecule has 8 heteroatoms. The fourth-order valence-corrected chi connectivity index (χ4v) is 5.07. The number of aliphatic hydroxyl groups excluding tert-OH is 1. The monoisotopic (exact) mass is 478 g/mol. The molecule has 0 aliphatic carbocycles. The van der Waals surface area contributed by atoms with Gasteiger partial charge in [-0.15, -0.1) is 0 Å². The molecule has 0 saturated carbocycles. The minimum Gasteiger partial charge on any atom is -0.497 e. The zero-order chi connectivity index (χ0) is 24.6. The van der Waals surface area contributed by atoms with Crippen LogP contribution in [-0.4, -0.2) is 62.8 Å². The van der Waals surface area contributed by atoms with Gasteiger partial charge in [0.15, 0.2) is 0 Å². The first-order chi connectivity index (χ1) is 17.0. The zero-order valence-electron chi connectivity index (χ0n) is 20.2. The van der Waals surface area contributed by atoms with E-state index in [9.17, 15) is 15.0 Å². The van der Waals surface area contributed by atoms with E-state index in [-0.39, 0.29) is 5.92 Å². The Balaban J connectivity index is 1.30. The first-order valence-corrected chi connectivity index (χ1v) is 12.4. The summed E-state index contributed by atoms with van der Waals surface area (Å²) in [6.07, 6.45) is 9.38. The Hall–Kier alpha value is -3.10. The van der Waals surface area contributed by atoms with Crippen molar-refractivity contribution in [3.63, 3.8) is 0 Å². The Kier molecular flexibility index (Phi) is 8.60. The fourth-order valence-electron chi connectivity index (χ4n) is 5.07. The first-order valence-electron chi connectivity index (χ1n) is 12.4. The third kappa shape index (κ3) is 6.52. The maximum absolute atomic E-state index is 12.1. The largest absolute Gasteiger partial charge is 0.497 e. The van der Waals surface area contributed by atoms with Crippen LogP contribution in [0, 0.1) is 11.8 Å². The summed E-state index contributed by atoms with van der Waals surface area (Å²) in [5, 5.41) is 21.8. The van der Waals surface area contributed by atoms with Gasteiger partial charge in [-0.05, 0) is 87.0 Å². The molecule has 1 aliphatic heterocycles. The maximum Gasteiger partial charge on any atom is 0.308 e. The first kappa shape index (κ1) is 25.0. The van der Waals surface area contributed by atoms with Gasteiger partial charge in [0.1, 0.15) is 11.6 Å².